The topological polar surface area (TPSA) is 128 Å². The molecule has 9 nitrogen and oxygen atoms in total. The van der Waals surface area contributed by atoms with Crippen LogP contribution in [0.3, 0.4) is 0 Å². The first-order valence-corrected chi connectivity index (χ1v) is 21.0. The first-order chi connectivity index (χ1) is 30.2. The summed E-state index contributed by atoms with van der Waals surface area (Å²) in [5, 5.41) is 0. The van der Waals surface area contributed by atoms with E-state index in [1.807, 2.05) is 102 Å². The molecule has 0 bridgehead atoms. The molecule has 0 radical (unpaired) electrons. The number of carbonyl (C=O) groups is 2. The van der Waals surface area contributed by atoms with Crippen LogP contribution < -0.4 is 9.47 Å². The first-order valence-electron chi connectivity index (χ1n) is 18.4. The van der Waals surface area contributed by atoms with Crippen molar-refractivity contribution < 1.29 is 107 Å². The molecule has 67 heavy (non-hydrogen) atoms. The van der Waals surface area contributed by atoms with E-state index in [4.69, 9.17) is 18.9 Å². The van der Waals surface area contributed by atoms with Crippen LogP contribution in [0.25, 0.3) is 0 Å². The quantitative estimate of drug-likeness (QED) is 0.0660. The number of alkyl halides is 15. The van der Waals surface area contributed by atoms with E-state index in [-0.39, 0.29) is 13.2 Å². The van der Waals surface area contributed by atoms with Crippen LogP contribution in [0.15, 0.2) is 98.4 Å². The molecule has 0 unspecified atom stereocenters. The van der Waals surface area contributed by atoms with Crippen molar-refractivity contribution >= 4 is 33.0 Å². The maximum atomic E-state index is 13.0. The molecule has 0 aliphatic carbocycles. The summed E-state index contributed by atoms with van der Waals surface area (Å²) < 4.78 is 251. The number of carbonyl (C=O) groups excluding carboxylic acids is 2. The summed E-state index contributed by atoms with van der Waals surface area (Å²) in [5.74, 6) is 0.00263. The second kappa shape index (κ2) is 20.1. The van der Waals surface area contributed by atoms with Gasteiger partial charge in [-0.15, -0.1) is 0 Å². The minimum absolute atomic E-state index is 0.263. The highest BCUT2D eigenvalue weighted by atomic mass is 32.2. The van der Waals surface area contributed by atoms with Gasteiger partial charge < -0.3 is 23.5 Å². The Morgan fingerprint density at radius 2 is 0.761 bits per heavy atom. The molecule has 0 heterocycles. The smallest absolute Gasteiger partial charge is 0.418 e. The predicted octanol–water partition coefficient (Wildman–Crippen LogP) is 11.9. The van der Waals surface area contributed by atoms with Crippen molar-refractivity contribution in [3.8, 4) is 11.5 Å². The van der Waals surface area contributed by atoms with E-state index in [0.29, 0.717) is 11.5 Å². The van der Waals surface area contributed by atoms with Gasteiger partial charge in [-0.25, -0.2) is 18.0 Å². The molecule has 0 aliphatic rings. The Morgan fingerprint density at radius 1 is 0.478 bits per heavy atom. The van der Waals surface area contributed by atoms with Crippen molar-refractivity contribution in [2.75, 3.05) is 13.2 Å². The molecule has 370 valence electrons. The zero-order valence-electron chi connectivity index (χ0n) is 35.1. The van der Waals surface area contributed by atoms with Gasteiger partial charge >= 0.3 is 42.8 Å². The van der Waals surface area contributed by atoms with Crippen LogP contribution in [0.5, 0.6) is 11.5 Å². The number of ether oxygens (including phenoxy) is 4. The van der Waals surface area contributed by atoms with Crippen LogP contribution >= 0.6 is 0 Å². The van der Waals surface area contributed by atoms with Crippen LogP contribution in [-0.2, 0) is 71.0 Å². The fourth-order valence-electron chi connectivity index (χ4n) is 5.79. The average molecular weight is 1020 g/mol. The molecule has 4 rings (SSSR count). The van der Waals surface area contributed by atoms with Gasteiger partial charge in [0.25, 0.3) is 0 Å². The fourth-order valence-corrected chi connectivity index (χ4v) is 8.99. The largest absolute Gasteiger partial charge is 0.744 e. The zero-order valence-corrected chi connectivity index (χ0v) is 36.7. The monoisotopic (exact) mass is 1020 g/mol. The van der Waals surface area contributed by atoms with Gasteiger partial charge in [0.2, 0.25) is 4.90 Å². The molecule has 0 aliphatic heterocycles. The Kier molecular flexibility index (Phi) is 16.8. The van der Waals surface area contributed by atoms with Crippen molar-refractivity contribution in [1.29, 1.82) is 0 Å². The summed E-state index contributed by atoms with van der Waals surface area (Å²) >= 11 is 0. The van der Waals surface area contributed by atoms with Gasteiger partial charge in [-0.2, -0.15) is 65.9 Å². The highest BCUT2D eigenvalue weighted by Crippen LogP contribution is 2.57. The molecule has 0 spiro atoms. The van der Waals surface area contributed by atoms with Crippen LogP contribution in [0.4, 0.5) is 65.9 Å². The van der Waals surface area contributed by atoms with Crippen LogP contribution in [0.1, 0.15) is 69.4 Å². The van der Waals surface area contributed by atoms with Gasteiger partial charge in [0, 0.05) is 0 Å². The van der Waals surface area contributed by atoms with Gasteiger partial charge in [0.1, 0.15) is 32.2 Å². The lowest BCUT2D eigenvalue weighted by molar-refractivity contribution is -0.191. The summed E-state index contributed by atoms with van der Waals surface area (Å²) in [6, 6.07) is 25.4. The standard InChI is InChI=1S/C30H35O6S.C11HF15O3S/c1-29(2,3)35-26(31)20-33-24-18-13-19-25(34-21-27(32)36-30(4,5)6)28(24)37(22-14-9-7-10-15-22)23-16-11-8-12-17-23;12-7(13,14)1-2(8(15,16)17)4(10(21,22)23)6(30(27,28)29)5(11(24,25)26)3(1)9(18,19)20/h7-19H,20-21H2,1-6H3;(H,27,28,29)/q+1;/p-1. The number of rotatable bonds is 10. The van der Waals surface area contributed by atoms with E-state index < -0.39 is 108 Å². The second-order valence-electron chi connectivity index (χ2n) is 15.4. The second-order valence-corrected chi connectivity index (χ2v) is 18.7. The minimum atomic E-state index is -7.52. The Hall–Kier alpha value is -5.37. The van der Waals surface area contributed by atoms with Gasteiger partial charge in [-0.3, -0.25) is 0 Å². The lowest BCUT2D eigenvalue weighted by Crippen LogP contribution is -2.34. The van der Waals surface area contributed by atoms with Crippen LogP contribution in [0.2, 0.25) is 0 Å². The highest BCUT2D eigenvalue weighted by Gasteiger charge is 2.61. The predicted molar refractivity (Wildman–Crippen MR) is 204 cm³/mol. The molecule has 0 saturated heterocycles. The maximum absolute atomic E-state index is 13.0. The molecule has 0 atom stereocenters. The molecule has 0 N–H and O–H groups in total. The lowest BCUT2D eigenvalue weighted by atomic mass is 9.89. The average Bonchev–Trinajstić information content (AvgIpc) is 3.13. The van der Waals surface area contributed by atoms with E-state index >= 15 is 0 Å². The Labute approximate surface area is 374 Å². The van der Waals surface area contributed by atoms with E-state index in [9.17, 15) is 88.4 Å². The molecular weight excluding hydrogens is 986 g/mol. The third-order valence-corrected chi connectivity index (χ3v) is 11.0. The Bertz CT molecular complexity index is 2350. The van der Waals surface area contributed by atoms with Crippen molar-refractivity contribution in [3.63, 3.8) is 0 Å². The molecular formula is C41H35F15O9S2. The Balaban J connectivity index is 0.000000364. The SMILES string of the molecule is CC(C)(C)OC(=O)COc1cccc(OCC(=O)OC(C)(C)C)c1[S+](c1ccccc1)c1ccccc1.O=S(=O)([O-])c1c(C(F)(F)F)c(C(F)(F)F)c(C(F)(F)F)c(C(F)(F)F)c1C(F)(F)F. The summed E-state index contributed by atoms with van der Waals surface area (Å²) in [6.45, 7) is 10.3. The minimum Gasteiger partial charge on any atom is -0.744 e. The zero-order chi connectivity index (χ0) is 51.5. The normalized spacial score (nSPS) is 13.1. The third kappa shape index (κ3) is 15.3. The molecule has 0 fully saturated rings. The summed E-state index contributed by atoms with van der Waals surface area (Å²) in [6.07, 6.45) is -35.6. The summed E-state index contributed by atoms with van der Waals surface area (Å²) in [7, 11) is -8.18. The van der Waals surface area contributed by atoms with Gasteiger partial charge in [-0.1, -0.05) is 42.5 Å². The molecule has 0 saturated carbocycles. The molecule has 4 aromatic carbocycles. The highest BCUT2D eigenvalue weighted by molar-refractivity contribution is 7.97. The molecule has 26 heteroatoms. The first kappa shape index (κ1) is 56.0. The summed E-state index contributed by atoms with van der Waals surface area (Å²) in [4.78, 5) is 23.5. The van der Waals surface area contributed by atoms with E-state index in [0.717, 1.165) is 14.7 Å². The van der Waals surface area contributed by atoms with Crippen molar-refractivity contribution in [3.05, 3.63) is 107 Å². The Morgan fingerprint density at radius 3 is 1.01 bits per heavy atom. The third-order valence-electron chi connectivity index (χ3n) is 7.76. The lowest BCUT2D eigenvalue weighted by Gasteiger charge is -2.31. The summed E-state index contributed by atoms with van der Waals surface area (Å²) in [5.41, 5.74) is -23.4. The number of hydrogen-bond acceptors (Lipinski definition) is 9. The van der Waals surface area contributed by atoms with E-state index in [1.54, 1.807) is 18.2 Å². The number of halogens is 15. The maximum Gasteiger partial charge on any atom is 0.418 e. The molecule has 0 amide bonds. The van der Waals surface area contributed by atoms with Crippen molar-refractivity contribution in [2.24, 2.45) is 0 Å². The number of esters is 2. The number of hydrogen-bond donors (Lipinski definition) is 0. The van der Waals surface area contributed by atoms with Crippen molar-refractivity contribution in [2.45, 2.75) is 103 Å². The van der Waals surface area contributed by atoms with E-state index in [2.05, 4.69) is 0 Å². The number of benzene rings is 4. The molecule has 4 aromatic rings. The van der Waals surface area contributed by atoms with Crippen molar-refractivity contribution in [1.82, 2.24) is 0 Å². The van der Waals surface area contributed by atoms with Gasteiger partial charge in [0.05, 0.1) is 32.7 Å². The van der Waals surface area contributed by atoms with Gasteiger partial charge in [-0.05, 0) is 77.9 Å². The van der Waals surface area contributed by atoms with E-state index in [1.165, 1.54) is 0 Å². The van der Waals surface area contributed by atoms with Crippen LogP contribution in [-0.4, -0.2) is 49.3 Å². The molecule has 0 aromatic heterocycles. The van der Waals surface area contributed by atoms with Gasteiger partial charge in [0.15, 0.2) is 34.5 Å². The fraction of sp³-hybridized carbons (Fsp3) is 0.366. The van der Waals surface area contributed by atoms with Crippen LogP contribution in [0, 0.1) is 0 Å².